The number of methoxy groups -OCH3 is 2. The van der Waals surface area contributed by atoms with Crippen LogP contribution in [0.3, 0.4) is 0 Å². The molecule has 2 aromatic rings. The SMILES string of the molecule is COc1ccc(/C=C2\Oc3c(ccc(OCC=C(C)C)c3C)C2=O)c(OC)c1. The Balaban J connectivity index is 1.90. The number of rotatable bonds is 6. The second kappa shape index (κ2) is 8.21. The maximum Gasteiger partial charge on any atom is 0.231 e. The zero-order valence-electron chi connectivity index (χ0n) is 16.8. The van der Waals surface area contributed by atoms with Crippen LogP contribution in [0.2, 0.25) is 0 Å². The molecule has 0 saturated carbocycles. The van der Waals surface area contributed by atoms with Gasteiger partial charge < -0.3 is 18.9 Å². The maximum atomic E-state index is 12.8. The van der Waals surface area contributed by atoms with E-state index < -0.39 is 0 Å². The van der Waals surface area contributed by atoms with E-state index >= 15 is 0 Å². The van der Waals surface area contributed by atoms with Crippen LogP contribution >= 0.6 is 0 Å². The Hall–Kier alpha value is -3.21. The molecule has 0 bridgehead atoms. The highest BCUT2D eigenvalue weighted by molar-refractivity contribution is 6.15. The zero-order chi connectivity index (χ0) is 20.3. The minimum absolute atomic E-state index is 0.160. The van der Waals surface area contributed by atoms with E-state index in [1.807, 2.05) is 45.0 Å². The van der Waals surface area contributed by atoms with Gasteiger partial charge in [0.2, 0.25) is 5.78 Å². The van der Waals surface area contributed by atoms with Crippen molar-refractivity contribution < 1.29 is 23.7 Å². The fourth-order valence-electron chi connectivity index (χ4n) is 2.90. The second-order valence-corrected chi connectivity index (χ2v) is 6.71. The summed E-state index contributed by atoms with van der Waals surface area (Å²) in [5, 5.41) is 0. The molecule has 1 heterocycles. The van der Waals surface area contributed by atoms with Crippen LogP contribution in [0.25, 0.3) is 6.08 Å². The van der Waals surface area contributed by atoms with Crippen LogP contribution in [-0.4, -0.2) is 26.6 Å². The molecular weight excluding hydrogens is 356 g/mol. The van der Waals surface area contributed by atoms with Crippen molar-refractivity contribution in [3.63, 3.8) is 0 Å². The summed E-state index contributed by atoms with van der Waals surface area (Å²) in [6.45, 7) is 6.40. The highest BCUT2D eigenvalue weighted by Crippen LogP contribution is 2.40. The first-order valence-corrected chi connectivity index (χ1v) is 9.00. The molecule has 0 unspecified atom stereocenters. The lowest BCUT2D eigenvalue weighted by Crippen LogP contribution is -1.99. The van der Waals surface area contributed by atoms with E-state index in [0.717, 1.165) is 11.1 Å². The smallest absolute Gasteiger partial charge is 0.231 e. The van der Waals surface area contributed by atoms with Crippen molar-refractivity contribution in [2.24, 2.45) is 0 Å². The van der Waals surface area contributed by atoms with Crippen LogP contribution in [0.5, 0.6) is 23.0 Å². The fraction of sp³-hybridized carbons (Fsp3) is 0.261. The number of fused-ring (bicyclic) bond motifs is 1. The number of hydrogen-bond donors (Lipinski definition) is 0. The van der Waals surface area contributed by atoms with Gasteiger partial charge in [-0.25, -0.2) is 0 Å². The van der Waals surface area contributed by atoms with Crippen LogP contribution in [0.1, 0.15) is 35.3 Å². The molecule has 0 radical (unpaired) electrons. The van der Waals surface area contributed by atoms with Crippen molar-refractivity contribution in [1.82, 2.24) is 0 Å². The first-order chi connectivity index (χ1) is 13.4. The minimum Gasteiger partial charge on any atom is -0.497 e. The molecule has 2 aromatic carbocycles. The van der Waals surface area contributed by atoms with E-state index in [9.17, 15) is 4.79 Å². The highest BCUT2D eigenvalue weighted by atomic mass is 16.5. The van der Waals surface area contributed by atoms with Crippen molar-refractivity contribution in [1.29, 1.82) is 0 Å². The van der Waals surface area contributed by atoms with Gasteiger partial charge in [0.15, 0.2) is 5.76 Å². The van der Waals surface area contributed by atoms with Gasteiger partial charge in [0, 0.05) is 17.2 Å². The van der Waals surface area contributed by atoms with Crippen LogP contribution < -0.4 is 18.9 Å². The molecule has 0 saturated heterocycles. The third-order valence-corrected chi connectivity index (χ3v) is 4.49. The lowest BCUT2D eigenvalue weighted by Gasteiger charge is -2.10. The molecule has 0 atom stereocenters. The summed E-state index contributed by atoms with van der Waals surface area (Å²) >= 11 is 0. The number of ether oxygens (including phenoxy) is 4. The Bertz CT molecular complexity index is 965. The summed E-state index contributed by atoms with van der Waals surface area (Å²) in [7, 11) is 3.16. The van der Waals surface area contributed by atoms with Gasteiger partial charge in [0.1, 0.15) is 29.6 Å². The molecule has 0 amide bonds. The monoisotopic (exact) mass is 380 g/mol. The molecule has 1 aliphatic rings. The second-order valence-electron chi connectivity index (χ2n) is 6.71. The molecular formula is C23H24O5. The molecule has 28 heavy (non-hydrogen) atoms. The predicted molar refractivity (Wildman–Crippen MR) is 109 cm³/mol. The average molecular weight is 380 g/mol. The fourth-order valence-corrected chi connectivity index (χ4v) is 2.90. The summed E-state index contributed by atoms with van der Waals surface area (Å²) < 4.78 is 22.3. The number of ketones is 1. The molecule has 0 N–H and O–H groups in total. The van der Waals surface area contributed by atoms with Gasteiger partial charge in [-0.05, 0) is 57.2 Å². The molecule has 0 aromatic heterocycles. The van der Waals surface area contributed by atoms with Crippen molar-refractivity contribution in [3.8, 4) is 23.0 Å². The number of carbonyl (C=O) groups excluding carboxylic acids is 1. The van der Waals surface area contributed by atoms with Crippen LogP contribution in [0.4, 0.5) is 0 Å². The van der Waals surface area contributed by atoms with Crippen LogP contribution in [0.15, 0.2) is 47.7 Å². The van der Waals surface area contributed by atoms with Crippen LogP contribution in [0, 0.1) is 6.92 Å². The summed E-state index contributed by atoms with van der Waals surface area (Å²) in [6, 6.07) is 8.95. The highest BCUT2D eigenvalue weighted by Gasteiger charge is 2.30. The first-order valence-electron chi connectivity index (χ1n) is 9.00. The normalized spacial score (nSPS) is 13.8. The molecule has 5 nitrogen and oxygen atoms in total. The predicted octanol–water partition coefficient (Wildman–Crippen LogP) is 4.97. The Morgan fingerprint density at radius 3 is 2.54 bits per heavy atom. The summed E-state index contributed by atoms with van der Waals surface area (Å²) in [5.41, 5.74) is 3.25. The molecule has 5 heteroatoms. The third-order valence-electron chi connectivity index (χ3n) is 4.49. The third kappa shape index (κ3) is 3.88. The van der Waals surface area contributed by atoms with E-state index in [1.165, 1.54) is 5.57 Å². The van der Waals surface area contributed by atoms with E-state index in [1.54, 1.807) is 32.4 Å². The van der Waals surface area contributed by atoms with E-state index in [4.69, 9.17) is 18.9 Å². The molecule has 1 aliphatic heterocycles. The Kier molecular flexibility index (Phi) is 5.73. The van der Waals surface area contributed by atoms with Gasteiger partial charge in [0.05, 0.1) is 19.8 Å². The van der Waals surface area contributed by atoms with Gasteiger partial charge >= 0.3 is 0 Å². The number of Topliss-reactive ketones (excluding diaryl/α,β-unsaturated/α-hetero) is 1. The quantitative estimate of drug-likeness (QED) is 0.523. The lowest BCUT2D eigenvalue weighted by atomic mass is 10.1. The summed E-state index contributed by atoms with van der Waals surface area (Å²) in [6.07, 6.45) is 3.68. The van der Waals surface area contributed by atoms with Crippen molar-refractivity contribution in [2.75, 3.05) is 20.8 Å². The number of carbonyl (C=O) groups is 1. The van der Waals surface area contributed by atoms with E-state index in [0.29, 0.717) is 35.2 Å². The van der Waals surface area contributed by atoms with Gasteiger partial charge in [0.25, 0.3) is 0 Å². The molecule has 146 valence electrons. The summed E-state index contributed by atoms with van der Waals surface area (Å²) in [5.74, 6) is 2.61. The molecule has 3 rings (SSSR count). The largest absolute Gasteiger partial charge is 0.497 e. The topological polar surface area (TPSA) is 54.0 Å². The van der Waals surface area contributed by atoms with Gasteiger partial charge in [-0.15, -0.1) is 0 Å². The van der Waals surface area contributed by atoms with Crippen molar-refractivity contribution >= 4 is 11.9 Å². The standard InChI is InChI=1S/C23H24O5/c1-14(2)10-11-27-19-9-8-18-22(24)21(28-23(18)15(19)3)12-16-6-7-17(25-4)13-20(16)26-5/h6-10,12-13H,11H2,1-5H3/b21-12-. The first kappa shape index (κ1) is 19.5. The van der Waals surface area contributed by atoms with Crippen molar-refractivity contribution in [3.05, 3.63) is 64.4 Å². The van der Waals surface area contributed by atoms with Crippen molar-refractivity contribution in [2.45, 2.75) is 20.8 Å². The van der Waals surface area contributed by atoms with E-state index in [2.05, 4.69) is 0 Å². The molecule has 0 fully saturated rings. The number of allylic oxidation sites excluding steroid dienone is 2. The molecule has 0 aliphatic carbocycles. The lowest BCUT2D eigenvalue weighted by molar-refractivity contribution is 0.101. The Labute approximate surface area is 165 Å². The Morgan fingerprint density at radius 1 is 1.07 bits per heavy atom. The average Bonchev–Trinajstić information content (AvgIpc) is 3.00. The summed E-state index contributed by atoms with van der Waals surface area (Å²) in [4.78, 5) is 12.8. The zero-order valence-corrected chi connectivity index (χ0v) is 16.8. The van der Waals surface area contributed by atoms with Gasteiger partial charge in [-0.1, -0.05) is 5.57 Å². The van der Waals surface area contributed by atoms with E-state index in [-0.39, 0.29) is 11.5 Å². The maximum absolute atomic E-state index is 12.8. The van der Waals surface area contributed by atoms with Gasteiger partial charge in [-0.2, -0.15) is 0 Å². The molecule has 0 spiro atoms. The number of hydrogen-bond acceptors (Lipinski definition) is 5. The van der Waals surface area contributed by atoms with Gasteiger partial charge in [-0.3, -0.25) is 4.79 Å². The Morgan fingerprint density at radius 2 is 1.86 bits per heavy atom. The number of benzene rings is 2. The van der Waals surface area contributed by atoms with Crippen LogP contribution in [-0.2, 0) is 0 Å². The minimum atomic E-state index is -0.160.